The molecule has 1 aliphatic heterocycles. The van der Waals surface area contributed by atoms with E-state index in [1.54, 1.807) is 6.33 Å². The summed E-state index contributed by atoms with van der Waals surface area (Å²) in [6.07, 6.45) is 2.29. The van der Waals surface area contributed by atoms with Gasteiger partial charge in [-0.05, 0) is 13.3 Å². The van der Waals surface area contributed by atoms with Crippen molar-refractivity contribution in [1.82, 2.24) is 9.97 Å². The second-order valence-electron chi connectivity index (χ2n) is 3.95. The predicted octanol–water partition coefficient (Wildman–Crippen LogP) is 0.373. The van der Waals surface area contributed by atoms with Crippen LogP contribution < -0.4 is 4.90 Å². The number of rotatable bonds is 3. The summed E-state index contributed by atoms with van der Waals surface area (Å²) in [5, 5.41) is 9.02. The molecule has 1 aromatic heterocycles. The van der Waals surface area contributed by atoms with Crippen molar-refractivity contribution in [2.24, 2.45) is 0 Å². The summed E-state index contributed by atoms with van der Waals surface area (Å²) < 4.78 is 5.42. The van der Waals surface area contributed by atoms with Crippen molar-refractivity contribution in [3.63, 3.8) is 0 Å². The molecule has 0 aromatic carbocycles. The van der Waals surface area contributed by atoms with Gasteiger partial charge in [-0.1, -0.05) is 0 Å². The minimum absolute atomic E-state index is 0.175. The monoisotopic (exact) mass is 223 g/mol. The quantitative estimate of drug-likeness (QED) is 0.802. The molecule has 1 fully saturated rings. The fraction of sp³-hybridized carbons (Fsp3) is 0.636. The van der Waals surface area contributed by atoms with Crippen LogP contribution in [0.2, 0.25) is 0 Å². The van der Waals surface area contributed by atoms with Gasteiger partial charge in [-0.25, -0.2) is 9.97 Å². The third-order valence-corrected chi connectivity index (χ3v) is 2.77. The van der Waals surface area contributed by atoms with Crippen molar-refractivity contribution >= 4 is 5.82 Å². The molecular formula is C11H17N3O2. The van der Waals surface area contributed by atoms with Crippen molar-refractivity contribution in [1.29, 1.82) is 0 Å². The minimum Gasteiger partial charge on any atom is -0.396 e. The van der Waals surface area contributed by atoms with Gasteiger partial charge in [0.2, 0.25) is 0 Å². The first kappa shape index (κ1) is 11.3. The van der Waals surface area contributed by atoms with E-state index in [4.69, 9.17) is 9.84 Å². The molecule has 1 saturated heterocycles. The Hall–Kier alpha value is -1.20. The Bertz CT molecular complexity index is 344. The lowest BCUT2D eigenvalue weighted by Gasteiger charge is -2.36. The van der Waals surface area contributed by atoms with Gasteiger partial charge in [0.15, 0.2) is 0 Å². The Morgan fingerprint density at radius 2 is 2.44 bits per heavy atom. The molecule has 2 heterocycles. The number of aryl methyl sites for hydroxylation is 1. The molecule has 0 saturated carbocycles. The van der Waals surface area contributed by atoms with E-state index >= 15 is 0 Å². The molecule has 0 spiro atoms. The molecule has 0 aliphatic carbocycles. The summed E-state index contributed by atoms with van der Waals surface area (Å²) in [5.74, 6) is 0.925. The van der Waals surface area contributed by atoms with E-state index in [1.807, 2.05) is 13.0 Å². The second-order valence-corrected chi connectivity index (χ2v) is 3.95. The van der Waals surface area contributed by atoms with E-state index in [0.29, 0.717) is 19.6 Å². The summed E-state index contributed by atoms with van der Waals surface area (Å²) in [5.41, 5.74) is 0.958. The molecule has 5 nitrogen and oxygen atoms in total. The number of anilines is 1. The number of aromatic nitrogens is 2. The number of ether oxygens (including phenoxy) is 1. The smallest absolute Gasteiger partial charge is 0.132 e. The van der Waals surface area contributed by atoms with Crippen LogP contribution in [0.3, 0.4) is 0 Å². The number of morpholine rings is 1. The third kappa shape index (κ3) is 2.48. The molecule has 1 aromatic rings. The first-order valence-corrected chi connectivity index (χ1v) is 5.55. The molecule has 2 rings (SSSR count). The molecule has 0 radical (unpaired) electrons. The van der Waals surface area contributed by atoms with Gasteiger partial charge in [0.25, 0.3) is 0 Å². The number of hydrogen-bond donors (Lipinski definition) is 1. The van der Waals surface area contributed by atoms with Crippen LogP contribution in [0, 0.1) is 6.92 Å². The Labute approximate surface area is 95.1 Å². The highest BCUT2D eigenvalue weighted by Crippen LogP contribution is 2.18. The summed E-state index contributed by atoms with van der Waals surface area (Å²) in [4.78, 5) is 10.5. The maximum atomic E-state index is 9.02. The molecule has 16 heavy (non-hydrogen) atoms. The molecule has 5 heteroatoms. The van der Waals surface area contributed by atoms with Crippen LogP contribution >= 0.6 is 0 Å². The average molecular weight is 223 g/mol. The summed E-state index contributed by atoms with van der Waals surface area (Å²) in [6.45, 7) is 4.32. The number of nitrogens with zero attached hydrogens (tertiary/aromatic N) is 3. The summed E-state index contributed by atoms with van der Waals surface area (Å²) in [6, 6.07) is 2.18. The maximum Gasteiger partial charge on any atom is 0.132 e. The number of aliphatic hydroxyl groups excluding tert-OH is 1. The van der Waals surface area contributed by atoms with Gasteiger partial charge in [0.1, 0.15) is 12.1 Å². The van der Waals surface area contributed by atoms with Gasteiger partial charge in [-0.2, -0.15) is 0 Å². The lowest BCUT2D eigenvalue weighted by atomic mass is 10.1. The van der Waals surface area contributed by atoms with E-state index in [9.17, 15) is 0 Å². The van der Waals surface area contributed by atoms with Crippen molar-refractivity contribution in [3.05, 3.63) is 18.1 Å². The first-order chi connectivity index (χ1) is 7.81. The van der Waals surface area contributed by atoms with Gasteiger partial charge in [-0.3, -0.25) is 0 Å². The van der Waals surface area contributed by atoms with E-state index in [-0.39, 0.29) is 12.6 Å². The second kappa shape index (κ2) is 5.23. The van der Waals surface area contributed by atoms with Crippen LogP contribution in [0.15, 0.2) is 12.4 Å². The first-order valence-electron chi connectivity index (χ1n) is 5.55. The standard InChI is InChI=1S/C11H17N3O2/c1-9-6-11(13-8-12-9)14-3-5-16-7-10(14)2-4-15/h6,8,10,15H,2-5,7H2,1H3/t10-/m0/s1. The zero-order valence-electron chi connectivity index (χ0n) is 9.46. The maximum absolute atomic E-state index is 9.02. The largest absolute Gasteiger partial charge is 0.396 e. The molecule has 0 bridgehead atoms. The molecule has 1 atom stereocenters. The summed E-state index contributed by atoms with van der Waals surface area (Å²) in [7, 11) is 0. The average Bonchev–Trinajstić information content (AvgIpc) is 2.30. The van der Waals surface area contributed by atoms with Crippen LogP contribution in [0.5, 0.6) is 0 Å². The van der Waals surface area contributed by atoms with Gasteiger partial charge in [0, 0.05) is 24.9 Å². The van der Waals surface area contributed by atoms with E-state index in [2.05, 4.69) is 14.9 Å². The lowest BCUT2D eigenvalue weighted by molar-refractivity contribution is 0.0845. The zero-order chi connectivity index (χ0) is 11.4. The molecule has 88 valence electrons. The number of aliphatic hydroxyl groups is 1. The highest BCUT2D eigenvalue weighted by molar-refractivity contribution is 5.40. The zero-order valence-corrected chi connectivity index (χ0v) is 9.46. The van der Waals surface area contributed by atoms with E-state index in [0.717, 1.165) is 18.1 Å². The summed E-state index contributed by atoms with van der Waals surface area (Å²) >= 11 is 0. The molecule has 1 N–H and O–H groups in total. The normalized spacial score (nSPS) is 21.1. The lowest BCUT2D eigenvalue weighted by Crippen LogP contribution is -2.46. The Kier molecular flexibility index (Phi) is 3.69. The Morgan fingerprint density at radius 1 is 1.56 bits per heavy atom. The van der Waals surface area contributed by atoms with Crippen LogP contribution in [-0.4, -0.2) is 47.5 Å². The van der Waals surface area contributed by atoms with Gasteiger partial charge in [-0.15, -0.1) is 0 Å². The van der Waals surface area contributed by atoms with Gasteiger partial charge >= 0.3 is 0 Å². The van der Waals surface area contributed by atoms with Crippen LogP contribution in [0.4, 0.5) is 5.82 Å². The fourth-order valence-corrected chi connectivity index (χ4v) is 1.94. The Morgan fingerprint density at radius 3 is 3.19 bits per heavy atom. The SMILES string of the molecule is Cc1cc(N2CCOC[C@@H]2CCO)ncn1. The minimum atomic E-state index is 0.175. The third-order valence-electron chi connectivity index (χ3n) is 2.77. The topological polar surface area (TPSA) is 58.5 Å². The molecule has 1 aliphatic rings. The van der Waals surface area contributed by atoms with Crippen LogP contribution in [-0.2, 0) is 4.74 Å². The molecular weight excluding hydrogens is 206 g/mol. The Balaban J connectivity index is 2.16. The fourth-order valence-electron chi connectivity index (χ4n) is 1.94. The number of hydrogen-bond acceptors (Lipinski definition) is 5. The van der Waals surface area contributed by atoms with Crippen molar-refractivity contribution in [3.8, 4) is 0 Å². The van der Waals surface area contributed by atoms with Crippen LogP contribution in [0.25, 0.3) is 0 Å². The highest BCUT2D eigenvalue weighted by Gasteiger charge is 2.23. The van der Waals surface area contributed by atoms with Crippen molar-refractivity contribution < 1.29 is 9.84 Å². The highest BCUT2D eigenvalue weighted by atomic mass is 16.5. The van der Waals surface area contributed by atoms with E-state index < -0.39 is 0 Å². The molecule has 0 unspecified atom stereocenters. The van der Waals surface area contributed by atoms with Crippen molar-refractivity contribution in [2.75, 3.05) is 31.3 Å². The van der Waals surface area contributed by atoms with Gasteiger partial charge < -0.3 is 14.7 Å². The molecule has 0 amide bonds. The van der Waals surface area contributed by atoms with E-state index in [1.165, 1.54) is 0 Å². The van der Waals surface area contributed by atoms with Crippen LogP contribution in [0.1, 0.15) is 12.1 Å². The predicted molar refractivity (Wildman–Crippen MR) is 60.4 cm³/mol. The van der Waals surface area contributed by atoms with Gasteiger partial charge in [0.05, 0.1) is 19.3 Å². The van der Waals surface area contributed by atoms with Crippen molar-refractivity contribution in [2.45, 2.75) is 19.4 Å².